The number of aliphatic imine (C=N–C) groups is 1. The van der Waals surface area contributed by atoms with Gasteiger partial charge in [0, 0.05) is 41.5 Å². The molecule has 1 aliphatic carbocycles. The van der Waals surface area contributed by atoms with Crippen molar-refractivity contribution in [1.82, 2.24) is 0 Å². The molecule has 0 radical (unpaired) electrons. The van der Waals surface area contributed by atoms with Crippen LogP contribution in [0.4, 0.5) is 0 Å². The van der Waals surface area contributed by atoms with Crippen LogP contribution in [0.15, 0.2) is 20.3 Å². The fraction of sp³-hybridized carbons (Fsp3) is 0.615. The van der Waals surface area contributed by atoms with E-state index in [9.17, 15) is 20.1 Å². The average molecular weight is 566 g/mol. The topological polar surface area (TPSA) is 174 Å². The zero-order valence-corrected chi connectivity index (χ0v) is 23.2. The van der Waals surface area contributed by atoms with Crippen LogP contribution in [0.3, 0.4) is 0 Å². The lowest BCUT2D eigenvalue weighted by atomic mass is 9.93. The summed E-state index contributed by atoms with van der Waals surface area (Å²) in [5, 5.41) is 32.5. The van der Waals surface area contributed by atoms with E-state index >= 15 is 0 Å². The third kappa shape index (κ3) is 5.21. The molecular formula is C26H35N3O7S2. The number of fused-ring (bicyclic) bond motifs is 3. The van der Waals surface area contributed by atoms with Crippen LogP contribution >= 0.6 is 21.6 Å². The molecule has 5 rings (SSSR count). The zero-order chi connectivity index (χ0) is 27.2. The molecule has 0 spiro atoms. The number of ether oxygens (including phenoxy) is 2. The summed E-state index contributed by atoms with van der Waals surface area (Å²) in [7, 11) is 2.92. The number of hydrogen-bond acceptors (Lipinski definition) is 10. The van der Waals surface area contributed by atoms with Crippen molar-refractivity contribution in [2.24, 2.45) is 16.5 Å². The van der Waals surface area contributed by atoms with E-state index in [1.165, 1.54) is 27.7 Å². The predicted molar refractivity (Wildman–Crippen MR) is 149 cm³/mol. The largest absolute Gasteiger partial charge is 0.489 e. The van der Waals surface area contributed by atoms with Gasteiger partial charge in [0.15, 0.2) is 11.4 Å². The minimum absolute atomic E-state index is 0.0178. The average Bonchev–Trinajstić information content (AvgIpc) is 3.51. The van der Waals surface area contributed by atoms with Crippen LogP contribution in [-0.4, -0.2) is 57.0 Å². The molecule has 208 valence electrons. The lowest BCUT2D eigenvalue weighted by molar-refractivity contribution is -0.0231. The summed E-state index contributed by atoms with van der Waals surface area (Å²) in [5.74, 6) is 1.56. The first kappa shape index (κ1) is 27.4. The maximum atomic E-state index is 13.7. The molecule has 0 amide bonds. The third-order valence-electron chi connectivity index (χ3n) is 7.49. The van der Waals surface area contributed by atoms with Gasteiger partial charge in [0.25, 0.3) is 0 Å². The highest BCUT2D eigenvalue weighted by Gasteiger charge is 2.41. The molecule has 12 heteroatoms. The molecule has 3 heterocycles. The molecule has 7 N–H and O–H groups in total. The van der Waals surface area contributed by atoms with Crippen LogP contribution in [0, 0.1) is 0 Å². The van der Waals surface area contributed by atoms with Gasteiger partial charge in [-0.1, -0.05) is 21.6 Å². The predicted octanol–water partition coefficient (Wildman–Crippen LogP) is 2.51. The Balaban J connectivity index is 1.70. The summed E-state index contributed by atoms with van der Waals surface area (Å²) in [6.07, 6.45) is 2.46. The fourth-order valence-corrected chi connectivity index (χ4v) is 7.99. The smallest absolute Gasteiger partial charge is 0.196 e. The molecule has 3 aliphatic rings. The standard InChI is InChI=1S/C26H35N3O7S2/c1-25(2,33)19-7-14-21(36-19)15-10-37-38-12-26(11-30,29-24(27)28)9-17(32)18-8-16(31)20(23(15)35-18)22(14)34-13-5-3-4-6-13/h8,13,17,19,30,32-33H,3-7,9-12H2,1-2H3,(H4,27,28,29). The van der Waals surface area contributed by atoms with Gasteiger partial charge < -0.3 is 40.7 Å². The van der Waals surface area contributed by atoms with E-state index in [2.05, 4.69) is 4.99 Å². The molecule has 10 nitrogen and oxygen atoms in total. The molecule has 3 unspecified atom stereocenters. The van der Waals surface area contributed by atoms with Crippen molar-refractivity contribution in [2.75, 3.05) is 12.4 Å². The van der Waals surface area contributed by atoms with E-state index in [0.29, 0.717) is 46.0 Å². The highest BCUT2D eigenvalue weighted by Crippen LogP contribution is 2.50. The van der Waals surface area contributed by atoms with Crippen LogP contribution in [0.2, 0.25) is 0 Å². The second-order valence-electron chi connectivity index (χ2n) is 11.0. The summed E-state index contributed by atoms with van der Waals surface area (Å²) in [5.41, 5.74) is 10.4. The third-order valence-corrected chi connectivity index (χ3v) is 9.93. The van der Waals surface area contributed by atoms with E-state index in [1.807, 2.05) is 0 Å². The lowest BCUT2D eigenvalue weighted by Gasteiger charge is -2.29. The number of aliphatic hydroxyl groups is 3. The Morgan fingerprint density at radius 2 is 2.00 bits per heavy atom. The van der Waals surface area contributed by atoms with Gasteiger partial charge in [-0.2, -0.15) is 0 Å². The van der Waals surface area contributed by atoms with Crippen molar-refractivity contribution in [3.8, 4) is 11.5 Å². The first-order valence-electron chi connectivity index (χ1n) is 12.9. The number of nitrogens with two attached hydrogens (primary N) is 2. The molecule has 0 saturated heterocycles. The van der Waals surface area contributed by atoms with Crippen LogP contribution in [0.5, 0.6) is 11.5 Å². The summed E-state index contributed by atoms with van der Waals surface area (Å²) < 4.78 is 19.1. The zero-order valence-electron chi connectivity index (χ0n) is 21.6. The summed E-state index contributed by atoms with van der Waals surface area (Å²) in [6, 6.07) is 1.28. The maximum absolute atomic E-state index is 13.7. The molecule has 2 aromatic rings. The summed E-state index contributed by atoms with van der Waals surface area (Å²) in [4.78, 5) is 17.9. The quantitative estimate of drug-likeness (QED) is 0.205. The Hall–Kier alpha value is -2.12. The normalized spacial score (nSPS) is 26.1. The Labute approximate surface area is 228 Å². The Bertz CT molecular complexity index is 1300. The molecule has 3 atom stereocenters. The molecule has 1 aromatic heterocycles. The Kier molecular flexibility index (Phi) is 7.55. The summed E-state index contributed by atoms with van der Waals surface area (Å²) in [6.45, 7) is 2.99. The number of aliphatic hydroxyl groups excluding tert-OH is 2. The Morgan fingerprint density at radius 1 is 1.26 bits per heavy atom. The van der Waals surface area contributed by atoms with Gasteiger partial charge in [-0.3, -0.25) is 4.79 Å². The molecular weight excluding hydrogens is 530 g/mol. The van der Waals surface area contributed by atoms with Crippen molar-refractivity contribution in [3.05, 3.63) is 33.2 Å². The highest BCUT2D eigenvalue weighted by molar-refractivity contribution is 8.76. The first-order valence-corrected chi connectivity index (χ1v) is 15.4. The molecule has 38 heavy (non-hydrogen) atoms. The highest BCUT2D eigenvalue weighted by atomic mass is 33.1. The molecule has 2 bridgehead atoms. The van der Waals surface area contributed by atoms with E-state index < -0.39 is 30.0 Å². The van der Waals surface area contributed by atoms with E-state index in [4.69, 9.17) is 25.4 Å². The van der Waals surface area contributed by atoms with Gasteiger partial charge >= 0.3 is 0 Å². The molecule has 1 saturated carbocycles. The summed E-state index contributed by atoms with van der Waals surface area (Å²) >= 11 is 0. The minimum Gasteiger partial charge on any atom is -0.489 e. The number of rotatable bonds is 5. The van der Waals surface area contributed by atoms with Crippen LogP contribution in [0.25, 0.3) is 11.0 Å². The number of hydrogen-bond donors (Lipinski definition) is 5. The minimum atomic E-state index is -1.25. The molecule has 1 fully saturated rings. The van der Waals surface area contributed by atoms with Crippen LogP contribution in [-0.2, 0) is 12.2 Å². The van der Waals surface area contributed by atoms with Gasteiger partial charge in [-0.15, -0.1) is 0 Å². The fourth-order valence-electron chi connectivity index (χ4n) is 5.44. The molecule has 1 aromatic carbocycles. The monoisotopic (exact) mass is 565 g/mol. The maximum Gasteiger partial charge on any atom is 0.196 e. The van der Waals surface area contributed by atoms with Crippen molar-refractivity contribution >= 4 is 38.5 Å². The number of guanidine groups is 1. The van der Waals surface area contributed by atoms with E-state index in [0.717, 1.165) is 31.2 Å². The van der Waals surface area contributed by atoms with Crippen LogP contribution < -0.4 is 26.4 Å². The van der Waals surface area contributed by atoms with Crippen molar-refractivity contribution < 1.29 is 29.2 Å². The second-order valence-corrected chi connectivity index (χ2v) is 13.4. The van der Waals surface area contributed by atoms with Crippen LogP contribution in [0.1, 0.15) is 68.9 Å². The SMILES string of the molecule is CC(C)(O)C1Cc2c(c3c4oc(cc(=O)c4c2OC2CCCC2)C(O)CC(CO)(N=C(N)N)CSSC3)O1. The Morgan fingerprint density at radius 3 is 2.66 bits per heavy atom. The van der Waals surface area contributed by atoms with Gasteiger partial charge in [0.2, 0.25) is 0 Å². The second kappa shape index (κ2) is 10.5. The lowest BCUT2D eigenvalue weighted by Crippen LogP contribution is -2.40. The van der Waals surface area contributed by atoms with Gasteiger partial charge in [0.1, 0.15) is 46.0 Å². The van der Waals surface area contributed by atoms with E-state index in [-0.39, 0.29) is 29.7 Å². The molecule has 2 aliphatic heterocycles. The van der Waals surface area contributed by atoms with Gasteiger partial charge in [0.05, 0.1) is 18.3 Å². The van der Waals surface area contributed by atoms with Crippen molar-refractivity contribution in [3.63, 3.8) is 0 Å². The number of nitrogens with zero attached hydrogens (tertiary/aromatic N) is 1. The van der Waals surface area contributed by atoms with Crippen molar-refractivity contribution in [2.45, 2.75) is 87.6 Å². The van der Waals surface area contributed by atoms with Gasteiger partial charge in [-0.05, 0) is 39.5 Å². The number of benzene rings is 1. The van der Waals surface area contributed by atoms with Crippen molar-refractivity contribution in [1.29, 1.82) is 0 Å². The van der Waals surface area contributed by atoms with E-state index in [1.54, 1.807) is 13.8 Å². The van der Waals surface area contributed by atoms with Gasteiger partial charge in [-0.25, -0.2) is 4.99 Å². The first-order chi connectivity index (χ1) is 18.0.